The Morgan fingerprint density at radius 1 is 0.735 bits per heavy atom. The lowest BCUT2D eigenvalue weighted by Crippen LogP contribution is -2.46. The number of amides is 1. The molecule has 0 fully saturated rings. The Labute approximate surface area is 303 Å². The second-order valence-electron chi connectivity index (χ2n) is 16.7. The van der Waals surface area contributed by atoms with Crippen molar-refractivity contribution < 1.29 is 36.8 Å². The Bertz CT molecular complexity index is 924. The molecule has 0 aromatic heterocycles. The third-order valence-electron chi connectivity index (χ3n) is 8.25. The van der Waals surface area contributed by atoms with Crippen LogP contribution >= 0.6 is 7.82 Å². The van der Waals surface area contributed by atoms with Crippen LogP contribution in [0.4, 0.5) is 4.79 Å². The fourth-order valence-corrected chi connectivity index (χ4v) is 7.50. The number of phosphoric ester groups is 1. The number of ether oxygens (including phenoxy) is 2. The summed E-state index contributed by atoms with van der Waals surface area (Å²) in [6, 6.07) is 0. The zero-order chi connectivity index (χ0) is 37.5. The summed E-state index contributed by atoms with van der Waals surface area (Å²) in [6.45, 7) is 24.5. The molecule has 1 amide bonds. The van der Waals surface area contributed by atoms with Gasteiger partial charge in [-0.2, -0.15) is 0 Å². The fourth-order valence-electron chi connectivity index (χ4n) is 4.67. The van der Waals surface area contributed by atoms with E-state index in [2.05, 4.69) is 58.3 Å². The fraction of sp³-hybridized carbons (Fsp3) is 0.921. The molecule has 0 radical (unpaired) electrons. The van der Waals surface area contributed by atoms with Gasteiger partial charge in [-0.15, -0.1) is 0 Å². The van der Waals surface area contributed by atoms with Crippen molar-refractivity contribution >= 4 is 22.2 Å². The molecule has 0 aliphatic heterocycles. The van der Waals surface area contributed by atoms with Crippen molar-refractivity contribution in [3.63, 3.8) is 0 Å². The van der Waals surface area contributed by atoms with E-state index in [1.807, 2.05) is 0 Å². The Balaban J connectivity index is 4.77. The third-order valence-corrected chi connectivity index (χ3v) is 14.5. The van der Waals surface area contributed by atoms with Crippen LogP contribution < -0.4 is 5.32 Å². The zero-order valence-electron chi connectivity index (χ0n) is 33.9. The van der Waals surface area contributed by atoms with Crippen LogP contribution in [0.25, 0.3) is 0 Å². The van der Waals surface area contributed by atoms with Gasteiger partial charge in [-0.25, -0.2) is 9.36 Å². The Morgan fingerprint density at radius 2 is 1.27 bits per heavy atom. The quantitative estimate of drug-likeness (QED) is 0.0367. The largest absolute Gasteiger partial charge is 0.475 e. The van der Waals surface area contributed by atoms with Crippen molar-refractivity contribution in [3.8, 4) is 0 Å². The summed E-state index contributed by atoms with van der Waals surface area (Å²) in [5.74, 6) is 0. The minimum absolute atomic E-state index is 0.0258. The summed E-state index contributed by atoms with van der Waals surface area (Å²) in [7, 11) is -6.21. The van der Waals surface area contributed by atoms with Crippen molar-refractivity contribution in [1.82, 2.24) is 5.32 Å². The molecule has 0 saturated heterocycles. The van der Waals surface area contributed by atoms with Crippen molar-refractivity contribution in [1.29, 1.82) is 0 Å². The van der Waals surface area contributed by atoms with E-state index >= 15 is 0 Å². The van der Waals surface area contributed by atoms with Crippen LogP contribution in [0.2, 0.25) is 18.1 Å². The average Bonchev–Trinajstić information content (AvgIpc) is 2.95. The van der Waals surface area contributed by atoms with Crippen LogP contribution in [-0.2, 0) is 32.0 Å². The molecular weight excluding hydrogens is 657 g/mol. The molecule has 0 heterocycles. The summed E-state index contributed by atoms with van der Waals surface area (Å²) in [6.07, 6.45) is 21.9. The number of unbranched alkanes of at least 4 members (excludes halogenated alkanes) is 13. The second-order valence-corrected chi connectivity index (χ2v) is 23.1. The minimum atomic E-state index is -4.01. The summed E-state index contributed by atoms with van der Waals surface area (Å²) in [5.41, 5.74) is -1.42. The highest BCUT2D eigenvalue weighted by Gasteiger charge is 2.40. The lowest BCUT2D eigenvalue weighted by molar-refractivity contribution is -0.00233. The van der Waals surface area contributed by atoms with Gasteiger partial charge in [-0.3, -0.25) is 13.6 Å². The highest BCUT2D eigenvalue weighted by atomic mass is 31.2. The normalized spacial score (nSPS) is 15.0. The smallest absolute Gasteiger partial charge is 0.444 e. The molecule has 0 spiro atoms. The average molecular weight is 736 g/mol. The molecule has 0 bridgehead atoms. The number of hydrogen-bond donors (Lipinski definition) is 1. The van der Waals surface area contributed by atoms with Gasteiger partial charge in [0, 0.05) is 6.54 Å². The van der Waals surface area contributed by atoms with Crippen LogP contribution in [0, 0.1) is 0 Å². The van der Waals surface area contributed by atoms with Gasteiger partial charge in [-0.1, -0.05) is 117 Å². The second kappa shape index (κ2) is 25.3. The number of hydrogen-bond acceptors (Lipinski definition) is 8. The molecule has 49 heavy (non-hydrogen) atoms. The Kier molecular flexibility index (Phi) is 24.9. The molecule has 0 saturated carbocycles. The van der Waals surface area contributed by atoms with Gasteiger partial charge in [-0.05, 0) is 72.5 Å². The summed E-state index contributed by atoms with van der Waals surface area (Å²) in [4.78, 5) is 12.0. The van der Waals surface area contributed by atoms with Crippen molar-refractivity contribution in [2.24, 2.45) is 0 Å². The monoisotopic (exact) mass is 736 g/mol. The highest BCUT2D eigenvalue weighted by molar-refractivity contribution is 7.48. The molecule has 0 aromatic rings. The molecule has 11 heteroatoms. The number of nitrogens with one attached hydrogen (secondary N) is 1. The van der Waals surface area contributed by atoms with Gasteiger partial charge in [0.25, 0.3) is 0 Å². The molecule has 1 N–H and O–H groups in total. The number of carbonyl (C=O) groups is 1. The number of allylic oxidation sites excluding steroid dienone is 1. The number of phosphoric acid groups is 1. The van der Waals surface area contributed by atoms with Crippen LogP contribution in [0.15, 0.2) is 12.2 Å². The molecule has 2 atom stereocenters. The van der Waals surface area contributed by atoms with E-state index < -0.39 is 39.5 Å². The summed E-state index contributed by atoms with van der Waals surface area (Å²) in [5, 5.41) is 2.57. The van der Waals surface area contributed by atoms with E-state index in [1.54, 1.807) is 41.5 Å². The molecule has 292 valence electrons. The first-order valence-electron chi connectivity index (χ1n) is 19.2. The first kappa shape index (κ1) is 48.3. The third kappa shape index (κ3) is 28.5. The number of carbonyl (C=O) groups excluding carboxylic acids is 1. The van der Waals surface area contributed by atoms with Crippen LogP contribution in [0.3, 0.4) is 0 Å². The van der Waals surface area contributed by atoms with Gasteiger partial charge in [0.05, 0.1) is 38.1 Å². The van der Waals surface area contributed by atoms with Crippen molar-refractivity contribution in [3.05, 3.63) is 12.2 Å². The molecular formula is C38H78NO8PSi. The van der Waals surface area contributed by atoms with Gasteiger partial charge in [0.2, 0.25) is 0 Å². The first-order chi connectivity index (χ1) is 22.7. The van der Waals surface area contributed by atoms with E-state index in [4.69, 9.17) is 27.5 Å². The van der Waals surface area contributed by atoms with Gasteiger partial charge >= 0.3 is 13.9 Å². The minimum Gasteiger partial charge on any atom is -0.444 e. The van der Waals surface area contributed by atoms with E-state index in [0.717, 1.165) is 6.42 Å². The van der Waals surface area contributed by atoms with Crippen LogP contribution in [-0.4, -0.2) is 64.7 Å². The van der Waals surface area contributed by atoms with E-state index in [-0.39, 0.29) is 31.4 Å². The lowest BCUT2D eigenvalue weighted by atomic mass is 10.0. The van der Waals surface area contributed by atoms with Gasteiger partial charge < -0.3 is 19.2 Å². The van der Waals surface area contributed by atoms with Crippen molar-refractivity contribution in [2.75, 3.05) is 33.0 Å². The molecule has 0 aliphatic carbocycles. The summed E-state index contributed by atoms with van der Waals surface area (Å²) >= 11 is 0. The predicted octanol–water partition coefficient (Wildman–Crippen LogP) is 11.9. The summed E-state index contributed by atoms with van der Waals surface area (Å²) < 4.78 is 48.8. The maximum Gasteiger partial charge on any atom is 0.475 e. The Hall–Kier alpha value is -0.743. The lowest BCUT2D eigenvalue weighted by Gasteiger charge is -2.39. The molecule has 1 unspecified atom stereocenters. The Morgan fingerprint density at radius 3 is 1.76 bits per heavy atom. The molecule has 0 aromatic carbocycles. The topological polar surface area (TPSA) is 102 Å². The van der Waals surface area contributed by atoms with Crippen molar-refractivity contribution in [2.45, 2.75) is 195 Å². The van der Waals surface area contributed by atoms with E-state index in [1.165, 1.54) is 83.5 Å². The van der Waals surface area contributed by atoms with Gasteiger partial charge in [0.15, 0.2) is 8.32 Å². The number of alkyl carbamates (subject to hydrolysis) is 1. The van der Waals surface area contributed by atoms with Crippen LogP contribution in [0.1, 0.15) is 159 Å². The van der Waals surface area contributed by atoms with E-state index in [0.29, 0.717) is 6.61 Å². The predicted molar refractivity (Wildman–Crippen MR) is 207 cm³/mol. The highest BCUT2D eigenvalue weighted by Crippen LogP contribution is 2.52. The maximum absolute atomic E-state index is 13.7. The molecule has 9 nitrogen and oxygen atoms in total. The number of rotatable bonds is 28. The van der Waals surface area contributed by atoms with Gasteiger partial charge in [0.1, 0.15) is 5.60 Å². The molecule has 0 rings (SSSR count). The van der Waals surface area contributed by atoms with Crippen LogP contribution in [0.5, 0.6) is 0 Å². The molecule has 0 aliphatic rings. The standard InChI is InChI=1S/C38H78NO8PSi/c1-13-14-15-16-17-18-19-20-21-22-23-24-25-26-27-28-30-42-32-34(46-49(11,12)38(8,9)10)33-44-48(41,47-37(5,6)7)43-31-29-39-35(40)45-36(2,3)4/h27-28,34H,13-26,29-33H2,1-12H3,(H,39,40)/b28-27+/t34-,48?/m1/s1. The SMILES string of the molecule is CCCCCCCCCCCCCCC/C=C/COC[C@H](COP(=O)(OCCNC(=O)OC(C)(C)C)OC(C)(C)C)O[Si](C)(C)C(C)(C)C. The first-order valence-corrected chi connectivity index (χ1v) is 23.5. The maximum atomic E-state index is 13.7. The van der Waals surface area contributed by atoms with E-state index in [9.17, 15) is 9.36 Å². The zero-order valence-corrected chi connectivity index (χ0v) is 35.8.